The van der Waals surface area contributed by atoms with E-state index in [-0.39, 0.29) is 11.8 Å². The Labute approximate surface area is 102 Å². The fourth-order valence-electron chi connectivity index (χ4n) is 2.57. The maximum absolute atomic E-state index is 11.7. The van der Waals surface area contributed by atoms with E-state index in [4.69, 9.17) is 11.3 Å². The maximum Gasteiger partial charge on any atom is 0.238 e. The van der Waals surface area contributed by atoms with E-state index in [1.54, 1.807) is 0 Å². The van der Waals surface area contributed by atoms with Crippen LogP contribution in [0.1, 0.15) is 39.0 Å². The van der Waals surface area contributed by atoms with Crippen molar-refractivity contribution >= 4 is 5.91 Å². The average Bonchev–Trinajstić information content (AvgIpc) is 2.31. The molecule has 17 heavy (non-hydrogen) atoms. The number of nitrogens with zero attached hydrogens (tertiary/aromatic N) is 3. The lowest BCUT2D eigenvalue weighted by molar-refractivity contribution is -0.127. The number of nitrogens with one attached hydrogen (secondary N) is 1. The van der Waals surface area contributed by atoms with Crippen LogP contribution in [0, 0.1) is 5.92 Å². The van der Waals surface area contributed by atoms with E-state index in [2.05, 4.69) is 22.3 Å². The first-order valence-corrected chi connectivity index (χ1v) is 6.19. The van der Waals surface area contributed by atoms with Crippen molar-refractivity contribution in [3.8, 4) is 0 Å². The summed E-state index contributed by atoms with van der Waals surface area (Å²) in [5.41, 5.74) is 13.1. The van der Waals surface area contributed by atoms with Gasteiger partial charge >= 0.3 is 0 Å². The molecule has 0 saturated heterocycles. The van der Waals surface area contributed by atoms with Gasteiger partial charge in [0.25, 0.3) is 0 Å². The van der Waals surface area contributed by atoms with Gasteiger partial charge in [-0.25, -0.2) is 0 Å². The monoisotopic (exact) mass is 239 g/mol. The zero-order chi connectivity index (χ0) is 12.7. The van der Waals surface area contributed by atoms with Gasteiger partial charge in [-0.05, 0) is 37.3 Å². The van der Waals surface area contributed by atoms with Crippen LogP contribution in [-0.4, -0.2) is 24.5 Å². The van der Waals surface area contributed by atoms with Crippen LogP contribution < -0.4 is 11.1 Å². The Bertz CT molecular complexity index is 313. The first-order chi connectivity index (χ1) is 8.13. The quantitative estimate of drug-likeness (QED) is 0.319. The van der Waals surface area contributed by atoms with Gasteiger partial charge in [-0.1, -0.05) is 24.9 Å². The summed E-state index contributed by atoms with van der Waals surface area (Å²) in [6.45, 7) is 3.18. The molecule has 6 heteroatoms. The maximum atomic E-state index is 11.7. The number of azide groups is 1. The molecular formula is C11H21N5O. The smallest absolute Gasteiger partial charge is 0.238 e. The van der Waals surface area contributed by atoms with Gasteiger partial charge in [0.2, 0.25) is 5.91 Å². The van der Waals surface area contributed by atoms with Gasteiger partial charge in [0.05, 0.1) is 0 Å². The van der Waals surface area contributed by atoms with Gasteiger partial charge in [0.15, 0.2) is 0 Å². The van der Waals surface area contributed by atoms with Gasteiger partial charge in [-0.3, -0.25) is 4.79 Å². The molecule has 0 aromatic carbocycles. The molecule has 0 aliphatic heterocycles. The molecule has 1 aliphatic carbocycles. The molecule has 2 atom stereocenters. The summed E-state index contributed by atoms with van der Waals surface area (Å²) in [6, 6.07) is 0. The van der Waals surface area contributed by atoms with Crippen molar-refractivity contribution in [3.05, 3.63) is 10.4 Å². The van der Waals surface area contributed by atoms with Gasteiger partial charge in [-0.2, -0.15) is 0 Å². The topological polar surface area (TPSA) is 104 Å². The Balaban J connectivity index is 2.53. The minimum atomic E-state index is -0.561. The second kappa shape index (κ2) is 6.47. The van der Waals surface area contributed by atoms with E-state index in [9.17, 15) is 4.79 Å². The van der Waals surface area contributed by atoms with Crippen LogP contribution >= 0.6 is 0 Å². The normalized spacial score (nSPS) is 28.4. The van der Waals surface area contributed by atoms with Crippen molar-refractivity contribution in [2.75, 3.05) is 13.1 Å². The zero-order valence-electron chi connectivity index (χ0n) is 10.4. The third-order valence-corrected chi connectivity index (χ3v) is 3.68. The molecule has 2 unspecified atom stereocenters. The third-order valence-electron chi connectivity index (χ3n) is 3.68. The highest BCUT2D eigenvalue weighted by molar-refractivity contribution is 5.85. The molecule has 0 aromatic rings. The second-order valence-corrected chi connectivity index (χ2v) is 4.72. The largest absolute Gasteiger partial charge is 0.368 e. The van der Waals surface area contributed by atoms with Crippen LogP contribution in [0.15, 0.2) is 5.11 Å². The van der Waals surface area contributed by atoms with Crippen molar-refractivity contribution in [2.24, 2.45) is 16.8 Å². The van der Waals surface area contributed by atoms with Crippen LogP contribution in [0.4, 0.5) is 0 Å². The van der Waals surface area contributed by atoms with Crippen LogP contribution in [0.25, 0.3) is 10.4 Å². The van der Waals surface area contributed by atoms with Crippen molar-refractivity contribution in [2.45, 2.75) is 44.6 Å². The molecule has 6 nitrogen and oxygen atoms in total. The summed E-state index contributed by atoms with van der Waals surface area (Å²) >= 11 is 0. The molecule has 1 saturated carbocycles. The SMILES string of the molecule is CC1CCCCC1(NCCCN=[N+]=[N-])C(N)=O. The van der Waals surface area contributed by atoms with Crippen LogP contribution in [0.5, 0.6) is 0 Å². The number of nitrogens with two attached hydrogens (primary N) is 1. The predicted molar refractivity (Wildman–Crippen MR) is 66.2 cm³/mol. The lowest BCUT2D eigenvalue weighted by atomic mass is 9.73. The number of carbonyl (C=O) groups excluding carboxylic acids is 1. The van der Waals surface area contributed by atoms with Crippen molar-refractivity contribution in [1.29, 1.82) is 0 Å². The first kappa shape index (κ1) is 13.8. The van der Waals surface area contributed by atoms with Gasteiger partial charge < -0.3 is 11.1 Å². The Morgan fingerprint density at radius 2 is 2.41 bits per heavy atom. The number of rotatable bonds is 6. The summed E-state index contributed by atoms with van der Waals surface area (Å²) in [5, 5.41) is 6.75. The zero-order valence-corrected chi connectivity index (χ0v) is 10.4. The Morgan fingerprint density at radius 3 is 3.00 bits per heavy atom. The third kappa shape index (κ3) is 3.35. The minimum Gasteiger partial charge on any atom is -0.368 e. The molecule has 0 spiro atoms. The van der Waals surface area contributed by atoms with Gasteiger partial charge in [-0.15, -0.1) is 0 Å². The summed E-state index contributed by atoms with van der Waals surface area (Å²) in [6.07, 6.45) is 4.77. The predicted octanol–water partition coefficient (Wildman–Crippen LogP) is 1.71. The van der Waals surface area contributed by atoms with Gasteiger partial charge in [0, 0.05) is 11.5 Å². The minimum absolute atomic E-state index is 0.256. The van der Waals surface area contributed by atoms with Crippen molar-refractivity contribution in [3.63, 3.8) is 0 Å². The van der Waals surface area contributed by atoms with E-state index < -0.39 is 5.54 Å². The van der Waals surface area contributed by atoms with Crippen LogP contribution in [0.2, 0.25) is 0 Å². The van der Waals surface area contributed by atoms with E-state index in [0.29, 0.717) is 13.1 Å². The van der Waals surface area contributed by atoms with E-state index in [0.717, 1.165) is 32.1 Å². The standard InChI is InChI=1S/C11H21N5O/c1-9-5-2-3-6-11(9,10(12)17)14-7-4-8-15-16-13/h9,14H,2-8H2,1H3,(H2,12,17). The number of hydrogen-bond acceptors (Lipinski definition) is 3. The molecule has 1 aliphatic rings. The molecule has 1 amide bonds. The number of carbonyl (C=O) groups is 1. The number of primary amides is 1. The highest BCUT2D eigenvalue weighted by atomic mass is 16.1. The average molecular weight is 239 g/mol. The summed E-state index contributed by atoms with van der Waals surface area (Å²) in [4.78, 5) is 14.4. The molecule has 1 rings (SSSR count). The van der Waals surface area contributed by atoms with Crippen molar-refractivity contribution < 1.29 is 4.79 Å². The van der Waals surface area contributed by atoms with E-state index in [1.807, 2.05) is 0 Å². The van der Waals surface area contributed by atoms with Crippen molar-refractivity contribution in [1.82, 2.24) is 5.32 Å². The highest BCUT2D eigenvalue weighted by Crippen LogP contribution is 2.33. The van der Waals surface area contributed by atoms with E-state index in [1.165, 1.54) is 0 Å². The molecule has 96 valence electrons. The number of amides is 1. The molecule has 1 fully saturated rings. The highest BCUT2D eigenvalue weighted by Gasteiger charge is 2.42. The Morgan fingerprint density at radius 1 is 1.65 bits per heavy atom. The van der Waals surface area contributed by atoms with Crippen LogP contribution in [-0.2, 0) is 4.79 Å². The molecular weight excluding hydrogens is 218 g/mol. The van der Waals surface area contributed by atoms with Gasteiger partial charge in [0.1, 0.15) is 5.54 Å². The summed E-state index contributed by atoms with van der Waals surface area (Å²) < 4.78 is 0. The Hall–Kier alpha value is -1.26. The molecule has 0 aromatic heterocycles. The lowest BCUT2D eigenvalue weighted by Crippen LogP contribution is -2.61. The fourth-order valence-corrected chi connectivity index (χ4v) is 2.57. The van der Waals surface area contributed by atoms with Crippen LogP contribution in [0.3, 0.4) is 0 Å². The lowest BCUT2D eigenvalue weighted by Gasteiger charge is -2.41. The second-order valence-electron chi connectivity index (χ2n) is 4.72. The fraction of sp³-hybridized carbons (Fsp3) is 0.909. The first-order valence-electron chi connectivity index (χ1n) is 6.19. The van der Waals surface area contributed by atoms with E-state index >= 15 is 0 Å². The number of hydrogen-bond donors (Lipinski definition) is 2. The summed E-state index contributed by atoms with van der Waals surface area (Å²) in [5.74, 6) is 0.0155. The summed E-state index contributed by atoms with van der Waals surface area (Å²) in [7, 11) is 0. The Kier molecular flexibility index (Phi) is 5.25. The molecule has 0 radical (unpaired) electrons. The molecule has 3 N–H and O–H groups in total. The molecule has 0 heterocycles. The molecule has 0 bridgehead atoms.